The summed E-state index contributed by atoms with van der Waals surface area (Å²) in [5.74, 6) is -0.758. The van der Waals surface area contributed by atoms with Crippen LogP contribution in [0.3, 0.4) is 0 Å². The first-order chi connectivity index (χ1) is 11.0. The number of anilines is 2. The summed E-state index contributed by atoms with van der Waals surface area (Å²) in [6.07, 6.45) is 0.0557. The van der Waals surface area contributed by atoms with Crippen molar-refractivity contribution in [2.75, 3.05) is 30.3 Å². The Labute approximate surface area is 135 Å². The SMILES string of the molecule is CCN1CCOC(=O)C1CC(=O)Nc1ccc(NC(C)=O)cc1. The summed E-state index contributed by atoms with van der Waals surface area (Å²) in [6.45, 7) is 5.09. The van der Waals surface area contributed by atoms with E-state index in [4.69, 9.17) is 4.74 Å². The van der Waals surface area contributed by atoms with Crippen LogP contribution in [0, 0.1) is 0 Å². The predicted octanol–water partition coefficient (Wildman–Crippen LogP) is 1.22. The van der Waals surface area contributed by atoms with Crippen molar-refractivity contribution in [1.29, 1.82) is 0 Å². The molecule has 1 heterocycles. The Bertz CT molecular complexity index is 585. The van der Waals surface area contributed by atoms with Gasteiger partial charge in [0.15, 0.2) is 0 Å². The van der Waals surface area contributed by atoms with Gasteiger partial charge >= 0.3 is 5.97 Å². The maximum absolute atomic E-state index is 12.1. The third kappa shape index (κ3) is 4.79. The van der Waals surface area contributed by atoms with Crippen LogP contribution >= 0.6 is 0 Å². The number of rotatable bonds is 5. The fourth-order valence-electron chi connectivity index (χ4n) is 2.48. The van der Waals surface area contributed by atoms with Crippen molar-refractivity contribution in [2.24, 2.45) is 0 Å². The molecular weight excluding hydrogens is 298 g/mol. The first-order valence-electron chi connectivity index (χ1n) is 7.57. The van der Waals surface area contributed by atoms with Gasteiger partial charge < -0.3 is 15.4 Å². The number of amides is 2. The van der Waals surface area contributed by atoms with E-state index in [1.54, 1.807) is 24.3 Å². The fraction of sp³-hybridized carbons (Fsp3) is 0.438. The minimum absolute atomic E-state index is 0.0557. The number of ether oxygens (including phenoxy) is 1. The van der Waals surface area contributed by atoms with Gasteiger partial charge in [0.1, 0.15) is 12.6 Å². The summed E-state index contributed by atoms with van der Waals surface area (Å²) in [6, 6.07) is 6.25. The van der Waals surface area contributed by atoms with Gasteiger partial charge in [0.05, 0.1) is 6.42 Å². The van der Waals surface area contributed by atoms with E-state index < -0.39 is 6.04 Å². The second-order valence-electron chi connectivity index (χ2n) is 5.32. The molecule has 7 heteroatoms. The van der Waals surface area contributed by atoms with Crippen molar-refractivity contribution in [3.8, 4) is 0 Å². The highest BCUT2D eigenvalue weighted by Gasteiger charge is 2.32. The normalized spacial score (nSPS) is 18.2. The maximum Gasteiger partial charge on any atom is 0.323 e. The lowest BCUT2D eigenvalue weighted by Crippen LogP contribution is -2.50. The van der Waals surface area contributed by atoms with Crippen molar-refractivity contribution >= 4 is 29.2 Å². The molecule has 1 aromatic rings. The first-order valence-corrected chi connectivity index (χ1v) is 7.57. The molecule has 0 bridgehead atoms. The molecular formula is C16H21N3O4. The molecule has 0 spiro atoms. The number of nitrogens with one attached hydrogen (secondary N) is 2. The summed E-state index contributed by atoms with van der Waals surface area (Å²) in [7, 11) is 0. The quantitative estimate of drug-likeness (QED) is 0.797. The molecule has 7 nitrogen and oxygen atoms in total. The van der Waals surface area contributed by atoms with E-state index in [-0.39, 0.29) is 24.2 Å². The maximum atomic E-state index is 12.1. The predicted molar refractivity (Wildman–Crippen MR) is 86.0 cm³/mol. The topological polar surface area (TPSA) is 87.7 Å². The van der Waals surface area contributed by atoms with Crippen LogP contribution in [0.25, 0.3) is 0 Å². The zero-order valence-corrected chi connectivity index (χ0v) is 13.3. The van der Waals surface area contributed by atoms with E-state index in [2.05, 4.69) is 10.6 Å². The molecule has 2 amide bonds. The summed E-state index contributed by atoms with van der Waals surface area (Å²) in [5.41, 5.74) is 1.26. The molecule has 0 radical (unpaired) electrons. The van der Waals surface area contributed by atoms with E-state index in [1.807, 2.05) is 11.8 Å². The number of esters is 1. The lowest BCUT2D eigenvalue weighted by molar-refractivity contribution is -0.158. The van der Waals surface area contributed by atoms with Crippen LogP contribution in [0.1, 0.15) is 20.3 Å². The van der Waals surface area contributed by atoms with Crippen LogP contribution in [0.2, 0.25) is 0 Å². The summed E-state index contributed by atoms with van der Waals surface area (Å²) < 4.78 is 5.03. The van der Waals surface area contributed by atoms with Gasteiger partial charge in [-0.1, -0.05) is 6.92 Å². The molecule has 1 saturated heterocycles. The van der Waals surface area contributed by atoms with Crippen LogP contribution in [-0.2, 0) is 19.1 Å². The number of morpholine rings is 1. The van der Waals surface area contributed by atoms with Crippen molar-refractivity contribution in [3.63, 3.8) is 0 Å². The number of likely N-dealkylation sites (N-methyl/N-ethyl adjacent to an activating group) is 1. The first kappa shape index (κ1) is 17.0. The highest BCUT2D eigenvalue weighted by molar-refractivity contribution is 5.95. The number of carbonyl (C=O) groups is 3. The molecule has 1 atom stereocenters. The fourth-order valence-corrected chi connectivity index (χ4v) is 2.48. The molecule has 0 saturated carbocycles. The minimum Gasteiger partial charge on any atom is -0.463 e. The second-order valence-corrected chi connectivity index (χ2v) is 5.32. The van der Waals surface area contributed by atoms with E-state index in [1.165, 1.54) is 6.92 Å². The van der Waals surface area contributed by atoms with Crippen LogP contribution < -0.4 is 10.6 Å². The minimum atomic E-state index is -0.535. The van der Waals surface area contributed by atoms with Gasteiger partial charge in [-0.3, -0.25) is 19.3 Å². The standard InChI is InChI=1S/C16H21N3O4/c1-3-19-8-9-23-16(22)14(19)10-15(21)18-13-6-4-12(5-7-13)17-11(2)20/h4-7,14H,3,8-10H2,1-2H3,(H,17,20)(H,18,21). The van der Waals surface area contributed by atoms with Gasteiger partial charge in [0.2, 0.25) is 11.8 Å². The van der Waals surface area contributed by atoms with Crippen LogP contribution in [-0.4, -0.2) is 48.4 Å². The number of benzene rings is 1. The molecule has 0 aliphatic carbocycles. The molecule has 1 fully saturated rings. The Morgan fingerprint density at radius 1 is 1.22 bits per heavy atom. The van der Waals surface area contributed by atoms with Gasteiger partial charge in [-0.05, 0) is 30.8 Å². The number of nitrogens with zero attached hydrogens (tertiary/aromatic N) is 1. The molecule has 0 aromatic heterocycles. The number of carbonyl (C=O) groups excluding carboxylic acids is 3. The Kier molecular flexibility index (Phi) is 5.70. The smallest absolute Gasteiger partial charge is 0.323 e. The number of hydrogen-bond donors (Lipinski definition) is 2. The Balaban J connectivity index is 1.93. The zero-order valence-electron chi connectivity index (χ0n) is 13.3. The van der Waals surface area contributed by atoms with Crippen molar-refractivity contribution in [3.05, 3.63) is 24.3 Å². The number of hydrogen-bond acceptors (Lipinski definition) is 5. The monoisotopic (exact) mass is 319 g/mol. The van der Waals surface area contributed by atoms with Crippen molar-refractivity contribution in [2.45, 2.75) is 26.3 Å². The summed E-state index contributed by atoms with van der Waals surface area (Å²) >= 11 is 0. The van der Waals surface area contributed by atoms with E-state index in [9.17, 15) is 14.4 Å². The summed E-state index contributed by atoms with van der Waals surface area (Å²) in [4.78, 5) is 36.8. The molecule has 2 rings (SSSR count). The second kappa shape index (κ2) is 7.73. The van der Waals surface area contributed by atoms with E-state index >= 15 is 0 Å². The van der Waals surface area contributed by atoms with Crippen molar-refractivity contribution in [1.82, 2.24) is 4.90 Å². The molecule has 23 heavy (non-hydrogen) atoms. The van der Waals surface area contributed by atoms with Gasteiger partial charge in [-0.2, -0.15) is 0 Å². The van der Waals surface area contributed by atoms with Crippen LogP contribution in [0.15, 0.2) is 24.3 Å². The third-order valence-electron chi connectivity index (χ3n) is 3.61. The lowest BCUT2D eigenvalue weighted by atomic mass is 10.1. The Hall–Kier alpha value is -2.41. The van der Waals surface area contributed by atoms with E-state index in [0.717, 1.165) is 0 Å². The summed E-state index contributed by atoms with van der Waals surface area (Å²) in [5, 5.41) is 5.40. The average molecular weight is 319 g/mol. The molecule has 124 valence electrons. The largest absolute Gasteiger partial charge is 0.463 e. The lowest BCUT2D eigenvalue weighted by Gasteiger charge is -2.32. The van der Waals surface area contributed by atoms with Gasteiger partial charge in [-0.15, -0.1) is 0 Å². The Morgan fingerprint density at radius 2 is 1.83 bits per heavy atom. The molecule has 1 aromatic carbocycles. The molecule has 1 unspecified atom stereocenters. The third-order valence-corrected chi connectivity index (χ3v) is 3.61. The van der Waals surface area contributed by atoms with Crippen LogP contribution in [0.5, 0.6) is 0 Å². The Morgan fingerprint density at radius 3 is 2.39 bits per heavy atom. The molecule has 1 aliphatic heterocycles. The average Bonchev–Trinajstić information content (AvgIpc) is 2.50. The molecule has 2 N–H and O–H groups in total. The van der Waals surface area contributed by atoms with Gasteiger partial charge in [-0.25, -0.2) is 0 Å². The highest BCUT2D eigenvalue weighted by atomic mass is 16.5. The number of cyclic esters (lactones) is 1. The van der Waals surface area contributed by atoms with Gasteiger partial charge in [0, 0.05) is 24.8 Å². The van der Waals surface area contributed by atoms with Crippen LogP contribution in [0.4, 0.5) is 11.4 Å². The van der Waals surface area contributed by atoms with Crippen molar-refractivity contribution < 1.29 is 19.1 Å². The zero-order chi connectivity index (χ0) is 16.8. The van der Waals surface area contributed by atoms with Gasteiger partial charge in [0.25, 0.3) is 0 Å². The van der Waals surface area contributed by atoms with E-state index in [0.29, 0.717) is 31.1 Å². The highest BCUT2D eigenvalue weighted by Crippen LogP contribution is 2.16. The molecule has 1 aliphatic rings.